The molecule has 0 aliphatic heterocycles. The fourth-order valence-electron chi connectivity index (χ4n) is 1.85. The van der Waals surface area contributed by atoms with Crippen LogP contribution in [0.3, 0.4) is 0 Å². The van der Waals surface area contributed by atoms with Crippen molar-refractivity contribution in [2.45, 2.75) is 32.2 Å². The summed E-state index contributed by atoms with van der Waals surface area (Å²) in [6.07, 6.45) is 8.75. The first kappa shape index (κ1) is 12.7. The molecule has 17 heavy (non-hydrogen) atoms. The number of imidazole rings is 1. The molecule has 0 aliphatic carbocycles. The molecule has 0 radical (unpaired) electrons. The molecule has 92 valence electrons. The number of thiophene rings is 1. The molecule has 0 aromatic carbocycles. The third-order valence-corrected chi connectivity index (χ3v) is 3.87. The van der Waals surface area contributed by atoms with E-state index in [2.05, 4.69) is 33.3 Å². The van der Waals surface area contributed by atoms with Crippen molar-refractivity contribution in [3.05, 3.63) is 29.9 Å². The van der Waals surface area contributed by atoms with E-state index in [0.29, 0.717) is 0 Å². The molecule has 0 spiro atoms. The average Bonchev–Trinajstić information content (AvgIpc) is 2.98. The number of unbranched alkanes of at least 4 members (excludes halogenated alkanes) is 3. The van der Waals surface area contributed by atoms with Gasteiger partial charge in [0, 0.05) is 24.8 Å². The minimum atomic E-state index is 0.783. The van der Waals surface area contributed by atoms with E-state index in [9.17, 15) is 0 Å². The van der Waals surface area contributed by atoms with Crippen molar-refractivity contribution >= 4 is 22.9 Å². The standard InChI is InChI=1S/C13H17ClN2S/c14-7-3-1-2-4-9-16-10-8-15-13(16)12-6-5-11-17-12/h5-6,8,10-11H,1-4,7,9H2. The van der Waals surface area contributed by atoms with Gasteiger partial charge in [0.05, 0.1) is 4.88 Å². The number of halogens is 1. The molecule has 0 saturated carbocycles. The minimum Gasteiger partial charge on any atom is -0.330 e. The Kier molecular flexibility index (Phi) is 5.08. The fraction of sp³-hybridized carbons (Fsp3) is 0.462. The van der Waals surface area contributed by atoms with E-state index < -0.39 is 0 Å². The van der Waals surface area contributed by atoms with E-state index in [4.69, 9.17) is 11.6 Å². The van der Waals surface area contributed by atoms with Crippen LogP contribution in [0.1, 0.15) is 25.7 Å². The van der Waals surface area contributed by atoms with Crippen LogP contribution in [-0.4, -0.2) is 15.4 Å². The number of hydrogen-bond acceptors (Lipinski definition) is 2. The number of hydrogen-bond donors (Lipinski definition) is 0. The lowest BCUT2D eigenvalue weighted by molar-refractivity contribution is 0.587. The molecule has 4 heteroatoms. The van der Waals surface area contributed by atoms with Gasteiger partial charge in [0.1, 0.15) is 5.82 Å². The molecule has 2 nitrogen and oxygen atoms in total. The molecular weight excluding hydrogens is 252 g/mol. The highest BCUT2D eigenvalue weighted by molar-refractivity contribution is 7.13. The van der Waals surface area contributed by atoms with Gasteiger partial charge in [0.15, 0.2) is 0 Å². The highest BCUT2D eigenvalue weighted by Crippen LogP contribution is 2.23. The molecule has 0 aliphatic rings. The van der Waals surface area contributed by atoms with Gasteiger partial charge in [-0.15, -0.1) is 22.9 Å². The van der Waals surface area contributed by atoms with Gasteiger partial charge in [0.25, 0.3) is 0 Å². The molecule has 2 heterocycles. The Hall–Kier alpha value is -0.800. The number of aryl methyl sites for hydroxylation is 1. The summed E-state index contributed by atoms with van der Waals surface area (Å²) in [7, 11) is 0. The molecule has 0 bridgehead atoms. The molecule has 2 aromatic rings. The third kappa shape index (κ3) is 3.58. The Morgan fingerprint density at radius 1 is 1.24 bits per heavy atom. The van der Waals surface area contributed by atoms with Crippen molar-refractivity contribution in [1.82, 2.24) is 9.55 Å². The number of aromatic nitrogens is 2. The van der Waals surface area contributed by atoms with Gasteiger partial charge < -0.3 is 4.57 Å². The van der Waals surface area contributed by atoms with Crippen molar-refractivity contribution in [2.75, 3.05) is 5.88 Å². The summed E-state index contributed by atoms with van der Waals surface area (Å²) in [6, 6.07) is 4.19. The van der Waals surface area contributed by atoms with Gasteiger partial charge in [-0.1, -0.05) is 18.9 Å². The summed E-state index contributed by atoms with van der Waals surface area (Å²) in [5.74, 6) is 1.88. The Bertz CT molecular complexity index is 422. The molecule has 0 N–H and O–H groups in total. The van der Waals surface area contributed by atoms with Crippen LogP contribution in [0, 0.1) is 0 Å². The summed E-state index contributed by atoms with van der Waals surface area (Å²) >= 11 is 7.40. The number of rotatable bonds is 7. The van der Waals surface area contributed by atoms with Crippen molar-refractivity contribution in [2.24, 2.45) is 0 Å². The number of nitrogens with zero attached hydrogens (tertiary/aromatic N) is 2. The molecular formula is C13H17ClN2S. The summed E-state index contributed by atoms with van der Waals surface area (Å²) in [4.78, 5) is 5.67. The van der Waals surface area contributed by atoms with E-state index in [0.717, 1.165) is 24.7 Å². The summed E-state index contributed by atoms with van der Waals surface area (Å²) in [5.41, 5.74) is 0. The molecule has 0 unspecified atom stereocenters. The molecule has 0 fully saturated rings. The van der Waals surface area contributed by atoms with Gasteiger partial charge in [-0.3, -0.25) is 0 Å². The zero-order valence-electron chi connectivity index (χ0n) is 9.81. The maximum Gasteiger partial charge on any atom is 0.149 e. The fourth-order valence-corrected chi connectivity index (χ4v) is 2.78. The third-order valence-electron chi connectivity index (χ3n) is 2.74. The van der Waals surface area contributed by atoms with E-state index in [1.54, 1.807) is 11.3 Å². The monoisotopic (exact) mass is 268 g/mol. The Morgan fingerprint density at radius 3 is 2.88 bits per heavy atom. The summed E-state index contributed by atoms with van der Waals surface area (Å²) in [6.45, 7) is 1.05. The van der Waals surface area contributed by atoms with Crippen molar-refractivity contribution in [1.29, 1.82) is 0 Å². The predicted octanol–water partition coefficient (Wildman–Crippen LogP) is 4.41. The normalized spacial score (nSPS) is 10.9. The first-order chi connectivity index (χ1) is 8.42. The van der Waals surface area contributed by atoms with Crippen LogP contribution in [0.25, 0.3) is 10.7 Å². The van der Waals surface area contributed by atoms with Gasteiger partial charge in [-0.2, -0.15) is 0 Å². The van der Waals surface area contributed by atoms with Crippen LogP contribution >= 0.6 is 22.9 Å². The highest BCUT2D eigenvalue weighted by atomic mass is 35.5. The van der Waals surface area contributed by atoms with E-state index in [-0.39, 0.29) is 0 Å². The summed E-state index contributed by atoms with van der Waals surface area (Å²) < 4.78 is 2.24. The van der Waals surface area contributed by atoms with E-state index >= 15 is 0 Å². The second kappa shape index (κ2) is 6.82. The summed E-state index contributed by atoms with van der Waals surface area (Å²) in [5, 5.41) is 2.09. The van der Waals surface area contributed by atoms with Crippen LogP contribution in [0.15, 0.2) is 29.9 Å². The zero-order chi connectivity index (χ0) is 11.9. The predicted molar refractivity (Wildman–Crippen MR) is 74.7 cm³/mol. The molecule has 2 aromatic heterocycles. The molecule has 0 atom stereocenters. The minimum absolute atomic E-state index is 0.783. The topological polar surface area (TPSA) is 17.8 Å². The maximum absolute atomic E-state index is 5.66. The lowest BCUT2D eigenvalue weighted by Gasteiger charge is -2.06. The first-order valence-corrected chi connectivity index (χ1v) is 7.44. The van der Waals surface area contributed by atoms with Crippen molar-refractivity contribution in [3.63, 3.8) is 0 Å². The Balaban J connectivity index is 1.87. The van der Waals surface area contributed by atoms with Crippen molar-refractivity contribution in [3.8, 4) is 10.7 Å². The Labute approximate surface area is 111 Å². The lowest BCUT2D eigenvalue weighted by atomic mass is 10.2. The highest BCUT2D eigenvalue weighted by Gasteiger charge is 2.05. The van der Waals surface area contributed by atoms with Gasteiger partial charge >= 0.3 is 0 Å². The smallest absolute Gasteiger partial charge is 0.149 e. The quantitative estimate of drug-likeness (QED) is 0.537. The second-order valence-electron chi connectivity index (χ2n) is 4.02. The van der Waals surface area contributed by atoms with Gasteiger partial charge in [-0.05, 0) is 24.3 Å². The molecule has 0 amide bonds. The maximum atomic E-state index is 5.66. The van der Waals surface area contributed by atoms with E-state index in [1.807, 2.05) is 6.20 Å². The van der Waals surface area contributed by atoms with Crippen molar-refractivity contribution < 1.29 is 0 Å². The van der Waals surface area contributed by atoms with Gasteiger partial charge in [0.2, 0.25) is 0 Å². The van der Waals surface area contributed by atoms with E-state index in [1.165, 1.54) is 24.1 Å². The largest absolute Gasteiger partial charge is 0.330 e. The molecule has 0 saturated heterocycles. The average molecular weight is 269 g/mol. The Morgan fingerprint density at radius 2 is 2.12 bits per heavy atom. The van der Waals surface area contributed by atoms with Crippen LogP contribution in [0.4, 0.5) is 0 Å². The number of alkyl halides is 1. The van der Waals surface area contributed by atoms with Crippen LogP contribution < -0.4 is 0 Å². The van der Waals surface area contributed by atoms with Crippen LogP contribution in [0.2, 0.25) is 0 Å². The zero-order valence-corrected chi connectivity index (χ0v) is 11.4. The van der Waals surface area contributed by atoms with Crippen LogP contribution in [0.5, 0.6) is 0 Å². The lowest BCUT2D eigenvalue weighted by Crippen LogP contribution is -1.98. The molecule has 2 rings (SSSR count). The second-order valence-corrected chi connectivity index (χ2v) is 5.35. The SMILES string of the molecule is ClCCCCCCn1ccnc1-c1cccs1. The van der Waals surface area contributed by atoms with Gasteiger partial charge in [-0.25, -0.2) is 4.98 Å². The first-order valence-electron chi connectivity index (χ1n) is 6.03. The van der Waals surface area contributed by atoms with Crippen LogP contribution in [-0.2, 0) is 6.54 Å².